The lowest BCUT2D eigenvalue weighted by atomic mass is 10.1. The first-order chi connectivity index (χ1) is 12.6. The Labute approximate surface area is 154 Å². The summed E-state index contributed by atoms with van der Waals surface area (Å²) in [7, 11) is 0. The van der Waals surface area contributed by atoms with E-state index in [1.165, 1.54) is 5.56 Å². The average molecular weight is 352 g/mol. The van der Waals surface area contributed by atoms with Crippen molar-refractivity contribution in [2.45, 2.75) is 26.0 Å². The van der Waals surface area contributed by atoms with Gasteiger partial charge in [0.25, 0.3) is 0 Å². The summed E-state index contributed by atoms with van der Waals surface area (Å²) in [5, 5.41) is 2.91. The topological polar surface area (TPSA) is 58.6 Å². The summed E-state index contributed by atoms with van der Waals surface area (Å²) in [5.74, 6) is -0.0555. The van der Waals surface area contributed by atoms with Crippen LogP contribution in [0.2, 0.25) is 0 Å². The van der Waals surface area contributed by atoms with Crippen molar-refractivity contribution in [1.29, 1.82) is 0 Å². The molecule has 1 unspecified atom stereocenters. The summed E-state index contributed by atoms with van der Waals surface area (Å²) in [6, 6.07) is 17.8. The smallest absolute Gasteiger partial charge is 0.248 e. The Morgan fingerprint density at radius 1 is 1.12 bits per heavy atom. The van der Waals surface area contributed by atoms with Crippen LogP contribution in [-0.4, -0.2) is 42.5 Å². The van der Waals surface area contributed by atoms with E-state index in [1.54, 1.807) is 4.90 Å². The minimum Gasteiger partial charge on any atom is -0.365 e. The molecule has 0 bridgehead atoms. The van der Waals surface area contributed by atoms with Gasteiger partial charge in [-0.15, -0.1) is 0 Å². The van der Waals surface area contributed by atoms with Crippen LogP contribution in [0, 0.1) is 6.92 Å². The van der Waals surface area contributed by atoms with E-state index in [2.05, 4.69) is 5.32 Å². The van der Waals surface area contributed by atoms with Gasteiger partial charge in [-0.05, 0) is 18.1 Å². The monoisotopic (exact) mass is 352 g/mol. The maximum Gasteiger partial charge on any atom is 0.248 e. The summed E-state index contributed by atoms with van der Waals surface area (Å²) in [5.41, 5.74) is 3.25. The van der Waals surface area contributed by atoms with Gasteiger partial charge in [0.1, 0.15) is 6.61 Å². The second-order valence-corrected chi connectivity index (χ2v) is 6.66. The van der Waals surface area contributed by atoms with Crippen LogP contribution in [0.3, 0.4) is 0 Å². The zero-order valence-corrected chi connectivity index (χ0v) is 15.0. The van der Waals surface area contributed by atoms with Gasteiger partial charge in [0.15, 0.2) is 0 Å². The Hall–Kier alpha value is -2.66. The number of carbonyl (C=O) groups is 2. The first-order valence-corrected chi connectivity index (χ1v) is 8.86. The van der Waals surface area contributed by atoms with Crippen LogP contribution in [0.5, 0.6) is 0 Å². The Bertz CT molecular complexity index is 744. The summed E-state index contributed by atoms with van der Waals surface area (Å²) < 4.78 is 5.57. The Morgan fingerprint density at radius 2 is 1.85 bits per heavy atom. The fourth-order valence-corrected chi connectivity index (χ4v) is 2.94. The van der Waals surface area contributed by atoms with Gasteiger partial charge in [-0.25, -0.2) is 0 Å². The minimum absolute atomic E-state index is 0.0175. The molecule has 2 aromatic carbocycles. The van der Waals surface area contributed by atoms with Crippen molar-refractivity contribution in [1.82, 2.24) is 10.2 Å². The molecule has 2 aromatic rings. The van der Waals surface area contributed by atoms with Gasteiger partial charge in [-0.3, -0.25) is 9.59 Å². The summed E-state index contributed by atoms with van der Waals surface area (Å²) in [6.07, 6.45) is 0.165. The van der Waals surface area contributed by atoms with Crippen LogP contribution in [0.25, 0.3) is 0 Å². The van der Waals surface area contributed by atoms with Crippen molar-refractivity contribution in [3.05, 3.63) is 71.3 Å². The summed E-state index contributed by atoms with van der Waals surface area (Å²) in [6.45, 7) is 3.54. The summed E-state index contributed by atoms with van der Waals surface area (Å²) in [4.78, 5) is 26.0. The quantitative estimate of drug-likeness (QED) is 0.866. The predicted octanol–water partition coefficient (Wildman–Crippen LogP) is 2.08. The molecule has 1 heterocycles. The van der Waals surface area contributed by atoms with E-state index >= 15 is 0 Å². The maximum absolute atomic E-state index is 12.1. The van der Waals surface area contributed by atoms with Crippen molar-refractivity contribution >= 4 is 11.8 Å². The third-order valence-electron chi connectivity index (χ3n) is 4.45. The minimum atomic E-state index is -0.182. The first kappa shape index (κ1) is 18.1. The molecule has 136 valence electrons. The van der Waals surface area contributed by atoms with E-state index in [0.717, 1.165) is 11.1 Å². The van der Waals surface area contributed by atoms with Crippen molar-refractivity contribution in [2.75, 3.05) is 19.7 Å². The number of benzene rings is 2. The van der Waals surface area contributed by atoms with Crippen LogP contribution in [0.4, 0.5) is 0 Å². The Balaban J connectivity index is 1.47. The number of amides is 2. The highest BCUT2D eigenvalue weighted by Crippen LogP contribution is 2.11. The number of ether oxygens (including phenoxy) is 1. The molecule has 1 N–H and O–H groups in total. The molecule has 1 aliphatic rings. The lowest BCUT2D eigenvalue weighted by Gasteiger charge is -2.33. The van der Waals surface area contributed by atoms with Crippen molar-refractivity contribution in [3.63, 3.8) is 0 Å². The zero-order chi connectivity index (χ0) is 18.4. The SMILES string of the molecule is Cc1ccc(CC(=O)NCC2CN(Cc3ccccc3)C(=O)CO2)cc1. The van der Waals surface area contributed by atoms with Crippen LogP contribution < -0.4 is 5.32 Å². The largest absolute Gasteiger partial charge is 0.365 e. The molecule has 0 radical (unpaired) electrons. The molecule has 0 aliphatic carbocycles. The molecule has 1 aliphatic heterocycles. The van der Waals surface area contributed by atoms with Gasteiger partial charge in [-0.1, -0.05) is 60.2 Å². The second-order valence-electron chi connectivity index (χ2n) is 6.66. The van der Waals surface area contributed by atoms with Crippen LogP contribution in [0.1, 0.15) is 16.7 Å². The highest BCUT2D eigenvalue weighted by Gasteiger charge is 2.26. The number of nitrogens with one attached hydrogen (secondary N) is 1. The number of nitrogens with zero attached hydrogens (tertiary/aromatic N) is 1. The van der Waals surface area contributed by atoms with Crippen molar-refractivity contribution in [2.24, 2.45) is 0 Å². The maximum atomic E-state index is 12.1. The second kappa shape index (κ2) is 8.63. The number of hydrogen-bond acceptors (Lipinski definition) is 3. The van der Waals surface area contributed by atoms with E-state index in [-0.39, 0.29) is 24.5 Å². The van der Waals surface area contributed by atoms with Crippen LogP contribution in [0.15, 0.2) is 54.6 Å². The average Bonchev–Trinajstić information content (AvgIpc) is 2.65. The normalized spacial score (nSPS) is 17.2. The third kappa shape index (κ3) is 5.17. The molecule has 2 amide bonds. The molecule has 0 saturated carbocycles. The lowest BCUT2D eigenvalue weighted by molar-refractivity contribution is -0.149. The van der Waals surface area contributed by atoms with Gasteiger partial charge in [0.2, 0.25) is 11.8 Å². The lowest BCUT2D eigenvalue weighted by Crippen LogP contribution is -2.50. The highest BCUT2D eigenvalue weighted by atomic mass is 16.5. The van der Waals surface area contributed by atoms with Gasteiger partial charge in [0, 0.05) is 19.6 Å². The molecule has 5 nitrogen and oxygen atoms in total. The predicted molar refractivity (Wildman–Crippen MR) is 99.5 cm³/mol. The molecular formula is C21H24N2O3. The molecule has 0 aromatic heterocycles. The standard InChI is InChI=1S/C21H24N2O3/c1-16-7-9-17(10-8-16)11-20(24)22-12-19-14-23(21(25)15-26-19)13-18-5-3-2-4-6-18/h2-10,19H,11-15H2,1H3,(H,22,24). The van der Waals surface area contributed by atoms with E-state index in [0.29, 0.717) is 26.1 Å². The summed E-state index contributed by atoms with van der Waals surface area (Å²) >= 11 is 0. The van der Waals surface area contributed by atoms with Gasteiger partial charge in [-0.2, -0.15) is 0 Å². The Kier molecular flexibility index (Phi) is 6.02. The van der Waals surface area contributed by atoms with Crippen LogP contribution in [-0.2, 0) is 27.3 Å². The molecule has 26 heavy (non-hydrogen) atoms. The van der Waals surface area contributed by atoms with Crippen LogP contribution >= 0.6 is 0 Å². The number of carbonyl (C=O) groups excluding carboxylic acids is 2. The fraction of sp³-hybridized carbons (Fsp3) is 0.333. The fourth-order valence-electron chi connectivity index (χ4n) is 2.94. The number of rotatable bonds is 6. The zero-order valence-electron chi connectivity index (χ0n) is 15.0. The molecule has 0 spiro atoms. The molecule has 1 saturated heterocycles. The number of aryl methyl sites for hydroxylation is 1. The van der Waals surface area contributed by atoms with E-state index in [1.807, 2.05) is 61.5 Å². The molecule has 1 atom stereocenters. The van der Waals surface area contributed by atoms with Crippen molar-refractivity contribution < 1.29 is 14.3 Å². The molecule has 1 fully saturated rings. The highest BCUT2D eigenvalue weighted by molar-refractivity contribution is 5.79. The third-order valence-corrected chi connectivity index (χ3v) is 4.45. The molecular weight excluding hydrogens is 328 g/mol. The molecule has 5 heteroatoms. The van der Waals surface area contributed by atoms with Crippen molar-refractivity contribution in [3.8, 4) is 0 Å². The van der Waals surface area contributed by atoms with Gasteiger partial charge >= 0.3 is 0 Å². The number of morpholine rings is 1. The van der Waals surface area contributed by atoms with E-state index in [4.69, 9.17) is 4.74 Å². The van der Waals surface area contributed by atoms with Gasteiger partial charge < -0.3 is 15.0 Å². The van der Waals surface area contributed by atoms with E-state index in [9.17, 15) is 9.59 Å². The Morgan fingerprint density at radius 3 is 2.58 bits per heavy atom. The van der Waals surface area contributed by atoms with Gasteiger partial charge in [0.05, 0.1) is 12.5 Å². The van der Waals surface area contributed by atoms with E-state index < -0.39 is 0 Å². The molecule has 3 rings (SSSR count). The first-order valence-electron chi connectivity index (χ1n) is 8.86. The number of hydrogen-bond donors (Lipinski definition) is 1.